The molecule has 0 atom stereocenters. The van der Waals surface area contributed by atoms with Gasteiger partial charge in [0.05, 0.1) is 23.3 Å². The molecule has 0 fully saturated rings. The molecule has 1 aromatic carbocycles. The minimum absolute atomic E-state index is 0.139. The Morgan fingerprint density at radius 2 is 2.15 bits per heavy atom. The molecule has 1 N–H and O–H groups in total. The summed E-state index contributed by atoms with van der Waals surface area (Å²) in [4.78, 5) is 0. The highest BCUT2D eigenvalue weighted by Gasteiger charge is 2.05. The molecular weight excluding hydrogens is 259 g/mol. The molecule has 0 aliphatic heterocycles. The topological polar surface area (TPSA) is 90.3 Å². The summed E-state index contributed by atoms with van der Waals surface area (Å²) < 4.78 is 15.3. The van der Waals surface area contributed by atoms with E-state index in [0.717, 1.165) is 11.9 Å². The number of aryl methyl sites for hydroxylation is 1. The average molecular weight is 268 g/mol. The number of halogens is 1. The Bertz CT molecular complexity index is 731. The quantitative estimate of drug-likeness (QED) is 0.860. The molecule has 0 saturated carbocycles. The summed E-state index contributed by atoms with van der Waals surface area (Å²) >= 11 is 0. The van der Waals surface area contributed by atoms with Gasteiger partial charge in [-0.25, -0.2) is 9.07 Å². The Balaban J connectivity index is 2.25. The first-order chi connectivity index (χ1) is 9.63. The molecule has 0 aliphatic carbocycles. The van der Waals surface area contributed by atoms with Gasteiger partial charge in [-0.05, 0) is 19.1 Å². The second-order valence-electron chi connectivity index (χ2n) is 3.89. The Labute approximate surface area is 114 Å². The summed E-state index contributed by atoms with van der Waals surface area (Å²) in [5.41, 5.74) is 1.27. The maximum Gasteiger partial charge on any atom is 0.148 e. The van der Waals surface area contributed by atoms with Crippen molar-refractivity contribution < 1.29 is 4.39 Å². The van der Waals surface area contributed by atoms with Crippen molar-refractivity contribution in [3.8, 4) is 17.8 Å². The van der Waals surface area contributed by atoms with Crippen LogP contribution in [-0.4, -0.2) is 15.0 Å². The predicted molar refractivity (Wildman–Crippen MR) is 69.0 cm³/mol. The van der Waals surface area contributed by atoms with E-state index in [1.807, 2.05) is 0 Å². The van der Waals surface area contributed by atoms with Gasteiger partial charge < -0.3 is 5.32 Å². The third-order valence-corrected chi connectivity index (χ3v) is 2.44. The molecule has 0 radical (unpaired) electrons. The highest BCUT2D eigenvalue weighted by atomic mass is 19.1. The van der Waals surface area contributed by atoms with Gasteiger partial charge in [0, 0.05) is 12.3 Å². The van der Waals surface area contributed by atoms with Crippen molar-refractivity contribution in [3.63, 3.8) is 0 Å². The third kappa shape index (κ3) is 2.79. The summed E-state index contributed by atoms with van der Waals surface area (Å²) in [5, 5.41) is 27.4. The van der Waals surface area contributed by atoms with Crippen LogP contribution in [0, 0.1) is 35.4 Å². The Kier molecular flexibility index (Phi) is 3.73. The highest BCUT2D eigenvalue weighted by Crippen LogP contribution is 2.18. The first-order valence-corrected chi connectivity index (χ1v) is 5.60. The van der Waals surface area contributed by atoms with Crippen LogP contribution in [0.1, 0.15) is 5.69 Å². The van der Waals surface area contributed by atoms with E-state index in [9.17, 15) is 4.39 Å². The van der Waals surface area contributed by atoms with Crippen LogP contribution in [0.15, 0.2) is 36.2 Å². The van der Waals surface area contributed by atoms with Crippen molar-refractivity contribution >= 4 is 5.69 Å². The number of anilines is 1. The normalized spacial score (nSPS) is 9.40. The van der Waals surface area contributed by atoms with E-state index in [-0.39, 0.29) is 11.3 Å². The smallest absolute Gasteiger partial charge is 0.148 e. The molecule has 20 heavy (non-hydrogen) atoms. The summed E-state index contributed by atoms with van der Waals surface area (Å²) in [6.07, 6.45) is 2.82. The molecule has 6 nitrogen and oxygen atoms in total. The molecule has 0 unspecified atom stereocenters. The van der Waals surface area contributed by atoms with Gasteiger partial charge in [0.15, 0.2) is 0 Å². The van der Waals surface area contributed by atoms with Gasteiger partial charge in [-0.2, -0.15) is 10.5 Å². The van der Waals surface area contributed by atoms with Crippen LogP contribution in [0.3, 0.4) is 0 Å². The fraction of sp³-hybridized carbons (Fsp3) is 0.0769. The van der Waals surface area contributed by atoms with Crippen LogP contribution in [0.25, 0.3) is 5.69 Å². The molecular formula is C13H9FN6. The lowest BCUT2D eigenvalue weighted by atomic mass is 10.2. The lowest BCUT2D eigenvalue weighted by Gasteiger charge is -2.05. The van der Waals surface area contributed by atoms with Gasteiger partial charge in [0.1, 0.15) is 23.5 Å². The van der Waals surface area contributed by atoms with E-state index < -0.39 is 5.82 Å². The molecule has 98 valence electrons. The van der Waals surface area contributed by atoms with Crippen LogP contribution >= 0.6 is 0 Å². The maximum atomic E-state index is 13.9. The fourth-order valence-electron chi connectivity index (χ4n) is 1.48. The first-order valence-electron chi connectivity index (χ1n) is 5.60. The van der Waals surface area contributed by atoms with E-state index in [0.29, 0.717) is 5.69 Å². The summed E-state index contributed by atoms with van der Waals surface area (Å²) in [6.45, 7) is 1.78. The lowest BCUT2D eigenvalue weighted by Crippen LogP contribution is -1.99. The Hall–Kier alpha value is -3.19. The molecule has 2 rings (SSSR count). The van der Waals surface area contributed by atoms with Crippen LogP contribution in [0.5, 0.6) is 0 Å². The largest absolute Gasteiger partial charge is 0.357 e. The van der Waals surface area contributed by atoms with Gasteiger partial charge in [-0.3, -0.25) is 0 Å². The number of benzene rings is 1. The van der Waals surface area contributed by atoms with Crippen LogP contribution in [0.2, 0.25) is 0 Å². The SMILES string of the molecule is Cc1cn(-c2ccc(NC=C(C#N)C#N)c(F)c2)nn1. The van der Waals surface area contributed by atoms with Crippen molar-refractivity contribution in [1.29, 1.82) is 10.5 Å². The maximum absolute atomic E-state index is 13.9. The van der Waals surface area contributed by atoms with Crippen molar-refractivity contribution in [2.45, 2.75) is 6.92 Å². The number of hydrogen-bond acceptors (Lipinski definition) is 5. The molecule has 0 saturated heterocycles. The summed E-state index contributed by atoms with van der Waals surface area (Å²) in [6, 6.07) is 7.76. The number of nitrogens with zero attached hydrogens (tertiary/aromatic N) is 5. The number of nitriles is 2. The standard InChI is InChI=1S/C13H9FN6/c1-9-8-20(19-18-9)11-2-3-13(12(14)4-11)17-7-10(5-15)6-16/h2-4,7-8,17H,1H3. The molecule has 0 bridgehead atoms. The van der Waals surface area contributed by atoms with Gasteiger partial charge in [0.25, 0.3) is 0 Å². The first kappa shape index (κ1) is 13.2. The number of rotatable bonds is 3. The van der Waals surface area contributed by atoms with Crippen molar-refractivity contribution in [2.24, 2.45) is 0 Å². The highest BCUT2D eigenvalue weighted by molar-refractivity contribution is 5.53. The predicted octanol–water partition coefficient (Wildman–Crippen LogP) is 2.06. The number of aromatic nitrogens is 3. The van der Waals surface area contributed by atoms with Crippen molar-refractivity contribution in [3.05, 3.63) is 47.7 Å². The number of nitrogens with one attached hydrogen (secondary N) is 1. The zero-order valence-electron chi connectivity index (χ0n) is 10.5. The van der Waals surface area contributed by atoms with Gasteiger partial charge in [-0.1, -0.05) is 5.21 Å². The molecule has 1 heterocycles. The van der Waals surface area contributed by atoms with Gasteiger partial charge in [-0.15, -0.1) is 5.10 Å². The van der Waals surface area contributed by atoms with Crippen LogP contribution < -0.4 is 5.32 Å². The van der Waals surface area contributed by atoms with E-state index in [1.54, 1.807) is 31.3 Å². The van der Waals surface area contributed by atoms with Crippen LogP contribution in [0.4, 0.5) is 10.1 Å². The minimum atomic E-state index is -0.526. The Morgan fingerprint density at radius 1 is 1.40 bits per heavy atom. The van der Waals surface area contributed by atoms with Crippen molar-refractivity contribution in [2.75, 3.05) is 5.32 Å². The second-order valence-corrected chi connectivity index (χ2v) is 3.89. The Morgan fingerprint density at radius 3 is 2.70 bits per heavy atom. The van der Waals surface area contributed by atoms with Gasteiger partial charge >= 0.3 is 0 Å². The summed E-state index contributed by atoms with van der Waals surface area (Å²) in [5.74, 6) is -0.526. The summed E-state index contributed by atoms with van der Waals surface area (Å²) in [7, 11) is 0. The number of hydrogen-bond donors (Lipinski definition) is 1. The van der Waals surface area contributed by atoms with Crippen molar-refractivity contribution in [1.82, 2.24) is 15.0 Å². The lowest BCUT2D eigenvalue weighted by molar-refractivity contribution is 0.628. The molecule has 7 heteroatoms. The molecule has 0 amide bonds. The molecule has 0 spiro atoms. The zero-order valence-corrected chi connectivity index (χ0v) is 10.5. The zero-order chi connectivity index (χ0) is 14.5. The van der Waals surface area contributed by atoms with E-state index >= 15 is 0 Å². The number of allylic oxidation sites excluding steroid dienone is 1. The van der Waals surface area contributed by atoms with E-state index in [1.165, 1.54) is 16.8 Å². The van der Waals surface area contributed by atoms with E-state index in [4.69, 9.17) is 10.5 Å². The molecule has 0 aliphatic rings. The van der Waals surface area contributed by atoms with Gasteiger partial charge in [0.2, 0.25) is 0 Å². The third-order valence-electron chi connectivity index (χ3n) is 2.44. The molecule has 2 aromatic rings. The minimum Gasteiger partial charge on any atom is -0.357 e. The van der Waals surface area contributed by atoms with E-state index in [2.05, 4.69) is 15.6 Å². The fourth-order valence-corrected chi connectivity index (χ4v) is 1.48. The second kappa shape index (κ2) is 5.63. The average Bonchev–Trinajstić information content (AvgIpc) is 2.88. The monoisotopic (exact) mass is 268 g/mol. The molecule has 1 aromatic heterocycles. The van der Waals surface area contributed by atoms with Crippen LogP contribution in [-0.2, 0) is 0 Å².